The van der Waals surface area contributed by atoms with Crippen LogP contribution in [0.1, 0.15) is 25.3 Å². The molecule has 2 fully saturated rings. The minimum atomic E-state index is -3.63. The van der Waals surface area contributed by atoms with Crippen LogP contribution in [0.5, 0.6) is 0 Å². The van der Waals surface area contributed by atoms with Crippen LogP contribution in [0.3, 0.4) is 0 Å². The number of carbonyl (C=O) groups excluding carboxylic acids is 1. The molecule has 7 heteroatoms. The molecule has 23 heavy (non-hydrogen) atoms. The third-order valence-electron chi connectivity index (χ3n) is 4.51. The van der Waals surface area contributed by atoms with Crippen molar-refractivity contribution in [2.24, 2.45) is 0 Å². The summed E-state index contributed by atoms with van der Waals surface area (Å²) < 4.78 is 27.2. The number of carbonyl (C=O) groups is 1. The maximum atomic E-state index is 12.9. The van der Waals surface area contributed by atoms with Crippen molar-refractivity contribution in [1.29, 1.82) is 0 Å². The van der Waals surface area contributed by atoms with Gasteiger partial charge in [-0.3, -0.25) is 4.79 Å². The average Bonchev–Trinajstić information content (AvgIpc) is 3.29. The number of amides is 1. The van der Waals surface area contributed by atoms with Crippen LogP contribution < -0.4 is 0 Å². The number of aryl methyl sites for hydroxylation is 1. The van der Waals surface area contributed by atoms with E-state index in [0.29, 0.717) is 17.7 Å². The van der Waals surface area contributed by atoms with Gasteiger partial charge in [0.25, 0.3) is 0 Å². The highest BCUT2D eigenvalue weighted by atomic mass is 32.2. The predicted octanol–water partition coefficient (Wildman–Crippen LogP) is 1.93. The highest BCUT2D eigenvalue weighted by Crippen LogP contribution is 2.32. The van der Waals surface area contributed by atoms with E-state index in [9.17, 15) is 13.2 Å². The maximum Gasteiger partial charge on any atom is 0.244 e. The highest BCUT2D eigenvalue weighted by molar-refractivity contribution is 8.00. The van der Waals surface area contributed by atoms with E-state index in [1.807, 2.05) is 19.1 Å². The summed E-state index contributed by atoms with van der Waals surface area (Å²) in [5, 5.41) is 0. The van der Waals surface area contributed by atoms with Crippen LogP contribution >= 0.6 is 11.8 Å². The lowest BCUT2D eigenvalue weighted by atomic mass is 10.2. The van der Waals surface area contributed by atoms with Crippen LogP contribution in [0.25, 0.3) is 0 Å². The van der Waals surface area contributed by atoms with E-state index in [2.05, 4.69) is 0 Å². The van der Waals surface area contributed by atoms with Crippen LogP contribution in [0.2, 0.25) is 0 Å². The number of benzene rings is 1. The van der Waals surface area contributed by atoms with Gasteiger partial charge in [0.1, 0.15) is 6.04 Å². The molecule has 1 saturated heterocycles. The number of rotatable bonds is 5. The van der Waals surface area contributed by atoms with Gasteiger partial charge in [0.2, 0.25) is 15.9 Å². The van der Waals surface area contributed by atoms with Gasteiger partial charge >= 0.3 is 0 Å². The first-order chi connectivity index (χ1) is 10.9. The first-order valence-corrected chi connectivity index (χ1v) is 10.5. The van der Waals surface area contributed by atoms with E-state index < -0.39 is 16.1 Å². The van der Waals surface area contributed by atoms with Gasteiger partial charge in [0.15, 0.2) is 0 Å². The normalized spacial score (nSPS) is 22.3. The molecule has 126 valence electrons. The molecular weight excluding hydrogens is 332 g/mol. The van der Waals surface area contributed by atoms with Crippen LogP contribution in [-0.4, -0.2) is 54.3 Å². The van der Waals surface area contributed by atoms with E-state index in [1.54, 1.807) is 24.1 Å². The number of likely N-dealkylation sites (N-methyl/N-ethyl adjacent to an activating group) is 1. The van der Waals surface area contributed by atoms with Crippen molar-refractivity contribution in [3.8, 4) is 0 Å². The van der Waals surface area contributed by atoms with Crippen molar-refractivity contribution in [2.75, 3.05) is 18.7 Å². The Morgan fingerprint density at radius 1 is 1.30 bits per heavy atom. The lowest BCUT2D eigenvalue weighted by Gasteiger charge is -2.26. The summed E-state index contributed by atoms with van der Waals surface area (Å²) in [4.78, 5) is 14.6. The zero-order valence-electron chi connectivity index (χ0n) is 13.4. The molecule has 1 unspecified atom stereocenters. The molecule has 1 atom stereocenters. The van der Waals surface area contributed by atoms with Crippen molar-refractivity contribution in [3.63, 3.8) is 0 Å². The van der Waals surface area contributed by atoms with Crippen molar-refractivity contribution >= 4 is 27.7 Å². The highest BCUT2D eigenvalue weighted by Gasteiger charge is 2.43. The average molecular weight is 354 g/mol. The van der Waals surface area contributed by atoms with Gasteiger partial charge in [0, 0.05) is 18.8 Å². The molecule has 3 rings (SSSR count). The fourth-order valence-corrected chi connectivity index (χ4v) is 5.90. The van der Waals surface area contributed by atoms with Gasteiger partial charge in [-0.15, -0.1) is 11.8 Å². The summed E-state index contributed by atoms with van der Waals surface area (Å²) in [6.07, 6.45) is 2.91. The number of hydrogen-bond acceptors (Lipinski definition) is 4. The number of hydrogen-bond donors (Lipinski definition) is 0. The molecule has 1 aliphatic carbocycles. The summed E-state index contributed by atoms with van der Waals surface area (Å²) in [5.74, 6) is 0.792. The molecule has 0 spiro atoms. The summed E-state index contributed by atoms with van der Waals surface area (Å²) in [6.45, 7) is 2.03. The Morgan fingerprint density at radius 2 is 1.96 bits per heavy atom. The van der Waals surface area contributed by atoms with Crippen molar-refractivity contribution < 1.29 is 13.2 Å². The first kappa shape index (κ1) is 16.8. The van der Waals surface area contributed by atoms with Crippen molar-refractivity contribution in [1.82, 2.24) is 9.21 Å². The summed E-state index contributed by atoms with van der Waals surface area (Å²) in [5.41, 5.74) is 1.10. The predicted molar refractivity (Wildman–Crippen MR) is 91.7 cm³/mol. The molecule has 0 radical (unpaired) electrons. The monoisotopic (exact) mass is 354 g/mol. The van der Waals surface area contributed by atoms with Crippen molar-refractivity contribution in [2.45, 2.75) is 43.2 Å². The molecule has 1 heterocycles. The second kappa shape index (κ2) is 6.45. The Labute approximate surface area is 142 Å². The Balaban J connectivity index is 1.83. The molecule has 1 aromatic carbocycles. The number of thioether (sulfide) groups is 1. The molecule has 0 bridgehead atoms. The van der Waals surface area contributed by atoms with E-state index in [1.165, 1.54) is 16.1 Å². The van der Waals surface area contributed by atoms with Crippen LogP contribution in [0.4, 0.5) is 0 Å². The third-order valence-corrected chi connectivity index (χ3v) is 7.55. The maximum absolute atomic E-state index is 12.9. The van der Waals surface area contributed by atoms with Gasteiger partial charge < -0.3 is 4.90 Å². The molecule has 1 saturated carbocycles. The SMILES string of the molecule is CCc1ccc(S(=O)(=O)N2CSCC2C(=O)N(C)C2CC2)cc1. The van der Waals surface area contributed by atoms with Crippen molar-refractivity contribution in [3.05, 3.63) is 29.8 Å². The number of sulfonamides is 1. The molecule has 5 nitrogen and oxygen atoms in total. The molecule has 1 amide bonds. The molecular formula is C16H22N2O3S2. The van der Waals surface area contributed by atoms with Gasteiger partial charge in [-0.25, -0.2) is 8.42 Å². The van der Waals surface area contributed by atoms with Gasteiger partial charge in [-0.05, 0) is 37.0 Å². The summed E-state index contributed by atoms with van der Waals surface area (Å²) in [7, 11) is -1.85. The van der Waals surface area contributed by atoms with Crippen LogP contribution in [-0.2, 0) is 21.2 Å². The zero-order valence-corrected chi connectivity index (χ0v) is 15.1. The smallest absolute Gasteiger partial charge is 0.244 e. The van der Waals surface area contributed by atoms with Gasteiger partial charge in [-0.2, -0.15) is 4.31 Å². The Morgan fingerprint density at radius 3 is 2.52 bits per heavy atom. The Bertz CT molecular complexity index is 684. The second-order valence-electron chi connectivity index (χ2n) is 6.09. The third kappa shape index (κ3) is 3.27. The molecule has 0 aromatic heterocycles. The lowest BCUT2D eigenvalue weighted by molar-refractivity contribution is -0.133. The van der Waals surface area contributed by atoms with Gasteiger partial charge in [0.05, 0.1) is 10.8 Å². The minimum absolute atomic E-state index is 0.0775. The lowest BCUT2D eigenvalue weighted by Crippen LogP contribution is -2.48. The van der Waals surface area contributed by atoms with Crippen LogP contribution in [0.15, 0.2) is 29.2 Å². The fourth-order valence-electron chi connectivity index (χ4n) is 2.77. The quantitative estimate of drug-likeness (QED) is 0.811. The second-order valence-corrected chi connectivity index (χ2v) is 8.98. The van der Waals surface area contributed by atoms with E-state index in [-0.39, 0.29) is 10.8 Å². The first-order valence-electron chi connectivity index (χ1n) is 7.90. The Kier molecular flexibility index (Phi) is 4.71. The minimum Gasteiger partial charge on any atom is -0.341 e. The molecule has 2 aliphatic rings. The Hall–Kier alpha value is -1.05. The van der Waals surface area contributed by atoms with E-state index in [4.69, 9.17) is 0 Å². The zero-order chi connectivity index (χ0) is 16.6. The summed E-state index contributed by atoms with van der Waals surface area (Å²) in [6, 6.07) is 6.67. The largest absolute Gasteiger partial charge is 0.341 e. The standard InChI is InChI=1S/C16H22N2O3S2/c1-3-12-4-8-14(9-5-12)23(20,21)18-11-22-10-15(18)16(19)17(2)13-6-7-13/h4-5,8-9,13,15H,3,6-7,10-11H2,1-2H3. The molecule has 1 aliphatic heterocycles. The van der Waals surface area contributed by atoms with E-state index in [0.717, 1.165) is 24.8 Å². The fraction of sp³-hybridized carbons (Fsp3) is 0.562. The summed E-state index contributed by atoms with van der Waals surface area (Å²) >= 11 is 1.50. The molecule has 1 aromatic rings. The van der Waals surface area contributed by atoms with Crippen LogP contribution in [0, 0.1) is 0 Å². The topological polar surface area (TPSA) is 57.7 Å². The van der Waals surface area contributed by atoms with Gasteiger partial charge in [-0.1, -0.05) is 19.1 Å². The van der Waals surface area contributed by atoms with E-state index >= 15 is 0 Å². The molecule has 0 N–H and O–H groups in total. The number of nitrogens with zero attached hydrogens (tertiary/aromatic N) is 2.